The zero-order chi connectivity index (χ0) is 13.9. The molecule has 1 saturated heterocycles. The van der Waals surface area contributed by atoms with Crippen LogP contribution in [-0.4, -0.2) is 30.6 Å². The van der Waals surface area contributed by atoms with Crippen LogP contribution in [0.1, 0.15) is 44.9 Å². The maximum atomic E-state index is 12.6. The number of hydrogen-bond acceptors (Lipinski definition) is 2. The summed E-state index contributed by atoms with van der Waals surface area (Å²) in [5.74, 6) is -0.621. The third-order valence-electron chi connectivity index (χ3n) is 4.69. The molecule has 1 unspecified atom stereocenters. The average Bonchev–Trinajstić information content (AvgIpc) is 2.39. The lowest BCUT2D eigenvalue weighted by Gasteiger charge is -2.34. The highest BCUT2D eigenvalue weighted by molar-refractivity contribution is 4.82. The van der Waals surface area contributed by atoms with Gasteiger partial charge in [-0.15, -0.1) is 0 Å². The minimum atomic E-state index is -4.06. The van der Waals surface area contributed by atoms with Crippen molar-refractivity contribution in [2.45, 2.75) is 57.2 Å². The zero-order valence-corrected chi connectivity index (χ0v) is 11.2. The van der Waals surface area contributed by atoms with Gasteiger partial charge in [0, 0.05) is 13.2 Å². The fraction of sp³-hybridized carbons (Fsp3) is 1.00. The van der Waals surface area contributed by atoms with Crippen molar-refractivity contribution < 1.29 is 23.0 Å². The summed E-state index contributed by atoms with van der Waals surface area (Å²) < 4.78 is 43.0. The van der Waals surface area contributed by atoms with Crippen LogP contribution in [0.25, 0.3) is 0 Å². The maximum absolute atomic E-state index is 12.6. The molecule has 2 aliphatic rings. The van der Waals surface area contributed by atoms with E-state index in [1.165, 1.54) is 0 Å². The molecule has 1 aliphatic carbocycles. The first-order chi connectivity index (χ1) is 8.97. The Balaban J connectivity index is 1.74. The summed E-state index contributed by atoms with van der Waals surface area (Å²) in [5.41, 5.74) is 0. The van der Waals surface area contributed by atoms with E-state index in [2.05, 4.69) is 0 Å². The highest BCUT2D eigenvalue weighted by atomic mass is 19.4. The Hall–Kier alpha value is -0.290. The van der Waals surface area contributed by atoms with E-state index in [0.717, 1.165) is 32.5 Å². The second-order valence-electron chi connectivity index (χ2n) is 6.01. The third-order valence-corrected chi connectivity index (χ3v) is 4.69. The number of alkyl halides is 3. The molecule has 1 atom stereocenters. The molecule has 2 rings (SSSR count). The van der Waals surface area contributed by atoms with Crippen LogP contribution in [0.15, 0.2) is 0 Å². The van der Waals surface area contributed by atoms with Crippen LogP contribution in [0.3, 0.4) is 0 Å². The summed E-state index contributed by atoms with van der Waals surface area (Å²) in [6.07, 6.45) is -0.455. The molecule has 0 bridgehead atoms. The Morgan fingerprint density at radius 3 is 2.11 bits per heavy atom. The fourth-order valence-corrected chi connectivity index (χ4v) is 3.35. The van der Waals surface area contributed by atoms with Crippen molar-refractivity contribution in [2.24, 2.45) is 17.8 Å². The van der Waals surface area contributed by atoms with Gasteiger partial charge in [0.05, 0.1) is 12.0 Å². The van der Waals surface area contributed by atoms with Gasteiger partial charge in [-0.3, -0.25) is 0 Å². The van der Waals surface area contributed by atoms with Crippen molar-refractivity contribution >= 4 is 0 Å². The lowest BCUT2D eigenvalue weighted by atomic mass is 9.76. The predicted molar refractivity (Wildman–Crippen MR) is 65.7 cm³/mol. The molecule has 0 spiro atoms. The third kappa shape index (κ3) is 4.35. The Morgan fingerprint density at radius 2 is 1.58 bits per heavy atom. The highest BCUT2D eigenvalue weighted by Crippen LogP contribution is 2.41. The molecule has 2 fully saturated rings. The van der Waals surface area contributed by atoms with Crippen LogP contribution in [-0.2, 0) is 4.74 Å². The second kappa shape index (κ2) is 6.44. The van der Waals surface area contributed by atoms with E-state index in [1.807, 2.05) is 0 Å². The molecule has 1 aliphatic heterocycles. The van der Waals surface area contributed by atoms with E-state index in [9.17, 15) is 18.3 Å². The first-order valence-corrected chi connectivity index (χ1v) is 7.29. The molecule has 2 nitrogen and oxygen atoms in total. The van der Waals surface area contributed by atoms with Crippen LogP contribution < -0.4 is 0 Å². The molecule has 0 radical (unpaired) electrons. The predicted octanol–water partition coefficient (Wildman–Crippen LogP) is 3.53. The molecule has 0 aromatic heterocycles. The van der Waals surface area contributed by atoms with Crippen LogP contribution in [0.2, 0.25) is 0 Å². The van der Waals surface area contributed by atoms with Crippen molar-refractivity contribution in [1.82, 2.24) is 0 Å². The van der Waals surface area contributed by atoms with Crippen molar-refractivity contribution in [3.63, 3.8) is 0 Å². The van der Waals surface area contributed by atoms with Crippen LogP contribution in [0.5, 0.6) is 0 Å². The molecule has 0 aromatic carbocycles. The monoisotopic (exact) mass is 280 g/mol. The molecule has 0 aromatic rings. The number of hydrogen-bond donors (Lipinski definition) is 1. The van der Waals surface area contributed by atoms with E-state index in [0.29, 0.717) is 18.8 Å². The Labute approximate surface area is 112 Å². The number of aliphatic hydroxyl groups is 1. The molecule has 112 valence electrons. The largest absolute Gasteiger partial charge is 0.393 e. The second-order valence-corrected chi connectivity index (χ2v) is 6.01. The van der Waals surface area contributed by atoms with Gasteiger partial charge in [-0.25, -0.2) is 0 Å². The van der Waals surface area contributed by atoms with Crippen LogP contribution in [0.4, 0.5) is 13.2 Å². The Morgan fingerprint density at radius 1 is 1.00 bits per heavy atom. The number of halogens is 3. The minimum absolute atomic E-state index is 0.0569. The van der Waals surface area contributed by atoms with Crippen LogP contribution >= 0.6 is 0 Å². The summed E-state index contributed by atoms with van der Waals surface area (Å²) in [6, 6.07) is 0. The zero-order valence-electron chi connectivity index (χ0n) is 11.2. The molecule has 1 N–H and O–H groups in total. The summed E-state index contributed by atoms with van der Waals surface area (Å²) in [7, 11) is 0. The molecule has 19 heavy (non-hydrogen) atoms. The quantitative estimate of drug-likeness (QED) is 0.857. The minimum Gasteiger partial charge on any atom is -0.393 e. The van der Waals surface area contributed by atoms with Crippen molar-refractivity contribution in [1.29, 1.82) is 0 Å². The van der Waals surface area contributed by atoms with E-state index >= 15 is 0 Å². The summed E-state index contributed by atoms with van der Waals surface area (Å²) in [5, 5.41) is 10.2. The fourth-order valence-electron chi connectivity index (χ4n) is 3.35. The molecule has 5 heteroatoms. The van der Waals surface area contributed by atoms with Gasteiger partial charge in [0.15, 0.2) is 0 Å². The number of aliphatic hydroxyl groups excluding tert-OH is 1. The van der Waals surface area contributed by atoms with E-state index < -0.39 is 18.2 Å². The van der Waals surface area contributed by atoms with Gasteiger partial charge < -0.3 is 9.84 Å². The summed E-state index contributed by atoms with van der Waals surface area (Å²) in [6.45, 7) is 1.50. The highest BCUT2D eigenvalue weighted by Gasteiger charge is 2.42. The molecular weight excluding hydrogens is 257 g/mol. The smallest absolute Gasteiger partial charge is 0.391 e. The average molecular weight is 280 g/mol. The van der Waals surface area contributed by atoms with Gasteiger partial charge in [0.25, 0.3) is 0 Å². The maximum Gasteiger partial charge on any atom is 0.391 e. The summed E-state index contributed by atoms with van der Waals surface area (Å²) >= 11 is 0. The lowest BCUT2D eigenvalue weighted by Crippen LogP contribution is -2.33. The topological polar surface area (TPSA) is 29.5 Å². The van der Waals surface area contributed by atoms with Gasteiger partial charge in [-0.1, -0.05) is 0 Å². The van der Waals surface area contributed by atoms with Crippen molar-refractivity contribution in [3.8, 4) is 0 Å². The van der Waals surface area contributed by atoms with E-state index in [4.69, 9.17) is 4.74 Å². The molecule has 1 saturated carbocycles. The van der Waals surface area contributed by atoms with E-state index in [-0.39, 0.29) is 18.8 Å². The van der Waals surface area contributed by atoms with Gasteiger partial charge in [-0.05, 0) is 56.8 Å². The summed E-state index contributed by atoms with van der Waals surface area (Å²) in [4.78, 5) is 0. The van der Waals surface area contributed by atoms with E-state index in [1.54, 1.807) is 0 Å². The number of ether oxygens (including phenoxy) is 1. The van der Waals surface area contributed by atoms with Crippen LogP contribution in [0, 0.1) is 17.8 Å². The van der Waals surface area contributed by atoms with Gasteiger partial charge in [-0.2, -0.15) is 13.2 Å². The SMILES string of the molecule is OC(CC1CCOCC1)C1CCC(C(F)(F)F)CC1. The molecular formula is C14H23F3O2. The van der Waals surface area contributed by atoms with Gasteiger partial charge in [0.1, 0.15) is 0 Å². The Kier molecular flexibility index (Phi) is 5.12. The first kappa shape index (κ1) is 15.1. The first-order valence-electron chi connectivity index (χ1n) is 7.29. The van der Waals surface area contributed by atoms with Gasteiger partial charge >= 0.3 is 6.18 Å². The van der Waals surface area contributed by atoms with Gasteiger partial charge in [0.2, 0.25) is 0 Å². The molecule has 0 amide bonds. The molecule has 1 heterocycles. The standard InChI is InChI=1S/C14H23F3O2/c15-14(16,17)12-3-1-11(2-4-12)13(18)9-10-5-7-19-8-6-10/h10-13,18H,1-9H2. The normalized spacial score (nSPS) is 32.2. The van der Waals surface area contributed by atoms with Crippen molar-refractivity contribution in [3.05, 3.63) is 0 Å². The Bertz CT molecular complexity index is 266. The van der Waals surface area contributed by atoms with Crippen molar-refractivity contribution in [2.75, 3.05) is 13.2 Å². The number of rotatable bonds is 3. The lowest BCUT2D eigenvalue weighted by molar-refractivity contribution is -0.186.